The Morgan fingerprint density at radius 1 is 1.21 bits per heavy atom. The summed E-state index contributed by atoms with van der Waals surface area (Å²) in [6.45, 7) is 0.368. The van der Waals surface area contributed by atoms with Crippen LogP contribution in [0.5, 0.6) is 5.75 Å². The third kappa shape index (κ3) is 2.20. The van der Waals surface area contributed by atoms with Crippen LogP contribution in [0.1, 0.15) is 5.56 Å². The molecule has 1 aromatic carbocycles. The number of nitrogens with zero attached hydrogens (tertiary/aromatic N) is 1. The minimum Gasteiger partial charge on any atom is -0.494 e. The highest BCUT2D eigenvalue weighted by Crippen LogP contribution is 2.22. The van der Waals surface area contributed by atoms with Crippen molar-refractivity contribution in [1.29, 1.82) is 0 Å². The van der Waals surface area contributed by atoms with Gasteiger partial charge in [-0.2, -0.15) is 4.39 Å². The van der Waals surface area contributed by atoms with E-state index in [1.165, 1.54) is 19.2 Å². The average Bonchev–Trinajstić information content (AvgIpc) is 2.13. The number of hydrogen-bond acceptors (Lipinski definition) is 2. The topological polar surface area (TPSA) is 12.5 Å². The van der Waals surface area contributed by atoms with Crippen molar-refractivity contribution in [3.8, 4) is 5.75 Å². The Bertz CT molecular complexity index is 326. The lowest BCUT2D eigenvalue weighted by molar-refractivity contribution is 0.358. The second-order valence-corrected chi connectivity index (χ2v) is 3.29. The molecule has 0 atom stereocenters. The van der Waals surface area contributed by atoms with E-state index >= 15 is 0 Å². The molecule has 1 aromatic rings. The molecular formula is C10H13F2NO. The SMILES string of the molecule is COc1ccc(CN(C)C)c(F)c1F. The maximum absolute atomic E-state index is 13.3. The van der Waals surface area contributed by atoms with Gasteiger partial charge in [0, 0.05) is 12.1 Å². The summed E-state index contributed by atoms with van der Waals surface area (Å²) in [7, 11) is 4.90. The zero-order valence-corrected chi connectivity index (χ0v) is 8.47. The minimum absolute atomic E-state index is 0.0648. The number of methoxy groups -OCH3 is 1. The molecule has 0 unspecified atom stereocenters. The van der Waals surface area contributed by atoms with E-state index in [1.54, 1.807) is 19.0 Å². The van der Waals surface area contributed by atoms with Crippen LogP contribution in [0.3, 0.4) is 0 Å². The highest BCUT2D eigenvalue weighted by atomic mass is 19.2. The van der Waals surface area contributed by atoms with Gasteiger partial charge in [0.2, 0.25) is 5.82 Å². The summed E-state index contributed by atoms with van der Waals surface area (Å²) in [5.74, 6) is -1.82. The Hall–Kier alpha value is -1.16. The molecule has 0 radical (unpaired) electrons. The van der Waals surface area contributed by atoms with Crippen molar-refractivity contribution < 1.29 is 13.5 Å². The van der Waals surface area contributed by atoms with Gasteiger partial charge in [0.05, 0.1) is 7.11 Å². The molecule has 0 saturated carbocycles. The van der Waals surface area contributed by atoms with Crippen LogP contribution in [-0.2, 0) is 6.54 Å². The Kier molecular flexibility index (Phi) is 3.41. The highest BCUT2D eigenvalue weighted by molar-refractivity contribution is 5.30. The molecule has 0 spiro atoms. The summed E-state index contributed by atoms with van der Waals surface area (Å²) in [4.78, 5) is 1.77. The molecule has 4 heteroatoms. The third-order valence-corrected chi connectivity index (χ3v) is 1.83. The second kappa shape index (κ2) is 4.37. The lowest BCUT2D eigenvalue weighted by atomic mass is 10.2. The second-order valence-electron chi connectivity index (χ2n) is 3.29. The molecule has 0 heterocycles. The lowest BCUT2D eigenvalue weighted by Crippen LogP contribution is -2.12. The van der Waals surface area contributed by atoms with Gasteiger partial charge >= 0.3 is 0 Å². The van der Waals surface area contributed by atoms with Crippen molar-refractivity contribution in [3.63, 3.8) is 0 Å². The van der Waals surface area contributed by atoms with Crippen molar-refractivity contribution in [3.05, 3.63) is 29.3 Å². The summed E-state index contributed by atoms with van der Waals surface area (Å²) in [6.07, 6.45) is 0. The molecule has 0 fully saturated rings. The first-order valence-corrected chi connectivity index (χ1v) is 4.22. The molecule has 0 N–H and O–H groups in total. The van der Waals surface area contributed by atoms with E-state index in [1.807, 2.05) is 0 Å². The van der Waals surface area contributed by atoms with E-state index in [0.29, 0.717) is 12.1 Å². The van der Waals surface area contributed by atoms with Gasteiger partial charge in [0.25, 0.3) is 0 Å². The molecular weight excluding hydrogens is 188 g/mol. The quantitative estimate of drug-likeness (QED) is 0.742. The fraction of sp³-hybridized carbons (Fsp3) is 0.400. The van der Waals surface area contributed by atoms with Gasteiger partial charge in [-0.3, -0.25) is 0 Å². The summed E-state index contributed by atoms with van der Waals surface area (Å²) >= 11 is 0. The number of benzene rings is 1. The summed E-state index contributed by atoms with van der Waals surface area (Å²) < 4.78 is 31.2. The van der Waals surface area contributed by atoms with Gasteiger partial charge in [-0.15, -0.1) is 0 Å². The van der Waals surface area contributed by atoms with Crippen molar-refractivity contribution in [2.75, 3.05) is 21.2 Å². The van der Waals surface area contributed by atoms with E-state index in [9.17, 15) is 8.78 Å². The lowest BCUT2D eigenvalue weighted by Gasteiger charge is -2.11. The zero-order chi connectivity index (χ0) is 10.7. The van der Waals surface area contributed by atoms with Crippen LogP contribution >= 0.6 is 0 Å². The fourth-order valence-electron chi connectivity index (χ4n) is 1.19. The van der Waals surface area contributed by atoms with Crippen LogP contribution in [0.4, 0.5) is 8.78 Å². The van der Waals surface area contributed by atoms with Crippen molar-refractivity contribution in [2.24, 2.45) is 0 Å². The molecule has 1 rings (SSSR count). The first kappa shape index (κ1) is 10.9. The summed E-state index contributed by atoms with van der Waals surface area (Å²) in [5.41, 5.74) is 0.327. The third-order valence-electron chi connectivity index (χ3n) is 1.83. The number of ether oxygens (including phenoxy) is 1. The standard InChI is InChI=1S/C10H13F2NO/c1-13(2)6-7-4-5-8(14-3)10(12)9(7)11/h4-5H,6H2,1-3H3. The first-order valence-electron chi connectivity index (χ1n) is 4.22. The first-order chi connectivity index (χ1) is 6.56. The molecule has 0 aliphatic heterocycles. The van der Waals surface area contributed by atoms with Crippen LogP contribution in [-0.4, -0.2) is 26.1 Å². The zero-order valence-electron chi connectivity index (χ0n) is 8.47. The van der Waals surface area contributed by atoms with Gasteiger partial charge in [0.1, 0.15) is 0 Å². The number of rotatable bonds is 3. The average molecular weight is 201 g/mol. The molecule has 0 aromatic heterocycles. The van der Waals surface area contributed by atoms with E-state index in [-0.39, 0.29) is 5.75 Å². The van der Waals surface area contributed by atoms with E-state index in [4.69, 9.17) is 0 Å². The normalized spacial score (nSPS) is 10.7. The molecule has 14 heavy (non-hydrogen) atoms. The van der Waals surface area contributed by atoms with Crippen LogP contribution in [0, 0.1) is 11.6 Å². The molecule has 0 aliphatic rings. The van der Waals surface area contributed by atoms with Gasteiger partial charge in [-0.25, -0.2) is 4.39 Å². The predicted molar refractivity (Wildman–Crippen MR) is 50.3 cm³/mol. The minimum atomic E-state index is -0.924. The number of hydrogen-bond donors (Lipinski definition) is 0. The molecule has 0 aliphatic carbocycles. The predicted octanol–water partition coefficient (Wildman–Crippen LogP) is 2.04. The maximum atomic E-state index is 13.3. The Morgan fingerprint density at radius 3 is 2.36 bits per heavy atom. The largest absolute Gasteiger partial charge is 0.494 e. The Labute approximate surface area is 82.1 Å². The van der Waals surface area contributed by atoms with Crippen LogP contribution in [0.15, 0.2) is 12.1 Å². The molecule has 0 bridgehead atoms. The van der Waals surface area contributed by atoms with Crippen LogP contribution in [0.25, 0.3) is 0 Å². The van der Waals surface area contributed by atoms with Crippen molar-refractivity contribution in [1.82, 2.24) is 4.90 Å². The van der Waals surface area contributed by atoms with Gasteiger partial charge in [-0.05, 0) is 20.2 Å². The fourth-order valence-corrected chi connectivity index (χ4v) is 1.19. The Balaban J connectivity index is 3.04. The van der Waals surface area contributed by atoms with E-state index < -0.39 is 11.6 Å². The molecule has 2 nitrogen and oxygen atoms in total. The van der Waals surface area contributed by atoms with Crippen molar-refractivity contribution >= 4 is 0 Å². The van der Waals surface area contributed by atoms with Gasteiger partial charge < -0.3 is 9.64 Å². The maximum Gasteiger partial charge on any atom is 0.200 e. The summed E-state index contributed by atoms with van der Waals surface area (Å²) in [6, 6.07) is 2.95. The monoisotopic (exact) mass is 201 g/mol. The van der Waals surface area contributed by atoms with Crippen LogP contribution < -0.4 is 4.74 Å². The smallest absolute Gasteiger partial charge is 0.200 e. The van der Waals surface area contributed by atoms with Crippen molar-refractivity contribution in [2.45, 2.75) is 6.54 Å². The molecule has 78 valence electrons. The van der Waals surface area contributed by atoms with E-state index in [0.717, 1.165) is 0 Å². The highest BCUT2D eigenvalue weighted by Gasteiger charge is 2.13. The Morgan fingerprint density at radius 2 is 1.86 bits per heavy atom. The van der Waals surface area contributed by atoms with E-state index in [2.05, 4.69) is 4.74 Å². The van der Waals surface area contributed by atoms with Crippen LogP contribution in [0.2, 0.25) is 0 Å². The van der Waals surface area contributed by atoms with Gasteiger partial charge in [0.15, 0.2) is 11.6 Å². The molecule has 0 saturated heterocycles. The molecule has 0 amide bonds. The number of halogens is 2. The van der Waals surface area contributed by atoms with Gasteiger partial charge in [-0.1, -0.05) is 6.07 Å². The summed E-state index contributed by atoms with van der Waals surface area (Å²) in [5, 5.41) is 0.